The van der Waals surface area contributed by atoms with E-state index in [1.165, 1.54) is 0 Å². The van der Waals surface area contributed by atoms with Gasteiger partial charge in [0.1, 0.15) is 11.9 Å². The second-order valence-corrected chi connectivity index (χ2v) is 4.56. The number of imidazole rings is 1. The summed E-state index contributed by atoms with van der Waals surface area (Å²) < 4.78 is 1.83. The number of carbonyl (C=O) groups excluding carboxylic acids is 1. The molecule has 1 amide bonds. The van der Waals surface area contributed by atoms with Crippen molar-refractivity contribution in [1.29, 1.82) is 0 Å². The number of nitrogens with zero attached hydrogens (tertiary/aromatic N) is 4. The van der Waals surface area contributed by atoms with Gasteiger partial charge in [-0.05, 0) is 19.1 Å². The fourth-order valence-corrected chi connectivity index (χ4v) is 1.94. The molecule has 0 fully saturated rings. The molecule has 19 heavy (non-hydrogen) atoms. The third kappa shape index (κ3) is 2.57. The monoisotopic (exact) mass is 259 g/mol. The van der Waals surface area contributed by atoms with E-state index in [4.69, 9.17) is 5.73 Å². The van der Waals surface area contributed by atoms with Gasteiger partial charge in [-0.3, -0.25) is 4.79 Å². The smallest absolute Gasteiger partial charge is 0.244 e. The lowest BCUT2D eigenvalue weighted by Crippen LogP contribution is -2.29. The molecule has 1 unspecified atom stereocenters. The third-order valence-corrected chi connectivity index (χ3v) is 2.96. The quantitative estimate of drug-likeness (QED) is 0.897. The number of carbonyl (C=O) groups is 1. The summed E-state index contributed by atoms with van der Waals surface area (Å²) in [4.78, 5) is 21.7. The van der Waals surface area contributed by atoms with E-state index < -0.39 is 0 Å². The lowest BCUT2D eigenvalue weighted by atomic mass is 10.2. The number of amides is 1. The number of hydrogen-bond donors (Lipinski definition) is 1. The maximum Gasteiger partial charge on any atom is 0.244 e. The minimum absolute atomic E-state index is 0.0151. The van der Waals surface area contributed by atoms with Crippen LogP contribution in [-0.4, -0.2) is 39.4 Å². The zero-order chi connectivity index (χ0) is 14.0. The Hall–Kier alpha value is -2.37. The van der Waals surface area contributed by atoms with E-state index in [2.05, 4.69) is 9.97 Å². The second-order valence-electron chi connectivity index (χ2n) is 4.56. The Bertz CT molecular complexity index is 590. The summed E-state index contributed by atoms with van der Waals surface area (Å²) in [5.41, 5.74) is 7.42. The van der Waals surface area contributed by atoms with Crippen LogP contribution in [-0.2, 0) is 4.79 Å². The maximum absolute atomic E-state index is 12.0. The molecule has 2 aromatic heterocycles. The van der Waals surface area contributed by atoms with Gasteiger partial charge in [0, 0.05) is 25.9 Å². The summed E-state index contributed by atoms with van der Waals surface area (Å²) in [5.74, 6) is 0.457. The molecule has 1 atom stereocenters. The van der Waals surface area contributed by atoms with Crippen LogP contribution in [0.15, 0.2) is 30.9 Å². The van der Waals surface area contributed by atoms with Crippen molar-refractivity contribution < 1.29 is 4.79 Å². The number of aromatic nitrogens is 3. The topological polar surface area (TPSA) is 77.0 Å². The zero-order valence-corrected chi connectivity index (χ0v) is 11.2. The van der Waals surface area contributed by atoms with Gasteiger partial charge in [-0.2, -0.15) is 0 Å². The van der Waals surface area contributed by atoms with Gasteiger partial charge in [-0.15, -0.1) is 0 Å². The molecular formula is C13H17N5O. The third-order valence-electron chi connectivity index (χ3n) is 2.96. The highest BCUT2D eigenvalue weighted by atomic mass is 16.2. The molecule has 100 valence electrons. The van der Waals surface area contributed by atoms with Gasteiger partial charge in [0.05, 0.1) is 18.2 Å². The van der Waals surface area contributed by atoms with Gasteiger partial charge in [-0.25, -0.2) is 9.97 Å². The molecule has 6 nitrogen and oxygen atoms in total. The van der Waals surface area contributed by atoms with Crippen LogP contribution in [0, 0.1) is 0 Å². The van der Waals surface area contributed by atoms with Crippen LogP contribution >= 0.6 is 0 Å². The van der Waals surface area contributed by atoms with Gasteiger partial charge in [0.25, 0.3) is 0 Å². The normalized spacial score (nSPS) is 12.2. The van der Waals surface area contributed by atoms with E-state index >= 15 is 0 Å². The predicted molar refractivity (Wildman–Crippen MR) is 73.3 cm³/mol. The van der Waals surface area contributed by atoms with Gasteiger partial charge >= 0.3 is 0 Å². The lowest BCUT2D eigenvalue weighted by Gasteiger charge is -2.20. The molecule has 0 bridgehead atoms. The summed E-state index contributed by atoms with van der Waals surface area (Å²) in [6.07, 6.45) is 5.01. The predicted octanol–water partition coefficient (Wildman–Crippen LogP) is 1.18. The molecule has 2 rings (SSSR count). The SMILES string of the molecule is CC(C(=O)N(C)C)n1cncc1-c1ccnc(N)c1. The summed E-state index contributed by atoms with van der Waals surface area (Å²) in [6, 6.07) is 3.29. The van der Waals surface area contributed by atoms with E-state index in [0.29, 0.717) is 5.82 Å². The second kappa shape index (κ2) is 5.09. The summed E-state index contributed by atoms with van der Waals surface area (Å²) in [5, 5.41) is 0. The zero-order valence-electron chi connectivity index (χ0n) is 11.2. The molecule has 0 aromatic carbocycles. The van der Waals surface area contributed by atoms with E-state index in [9.17, 15) is 4.79 Å². The van der Waals surface area contributed by atoms with Crippen LogP contribution in [0.5, 0.6) is 0 Å². The number of hydrogen-bond acceptors (Lipinski definition) is 4. The van der Waals surface area contributed by atoms with Crippen LogP contribution in [0.3, 0.4) is 0 Å². The number of anilines is 1. The number of pyridine rings is 1. The summed E-state index contributed by atoms with van der Waals surface area (Å²) >= 11 is 0. The van der Waals surface area contributed by atoms with Crippen molar-refractivity contribution >= 4 is 11.7 Å². The Morgan fingerprint density at radius 1 is 1.47 bits per heavy atom. The molecule has 2 heterocycles. The Kier molecular flexibility index (Phi) is 3.50. The maximum atomic E-state index is 12.0. The van der Waals surface area contributed by atoms with E-state index in [-0.39, 0.29) is 11.9 Å². The average Bonchev–Trinajstić information content (AvgIpc) is 2.86. The Morgan fingerprint density at radius 3 is 2.84 bits per heavy atom. The highest BCUT2D eigenvalue weighted by Gasteiger charge is 2.19. The Labute approximate surface area is 111 Å². The summed E-state index contributed by atoms with van der Waals surface area (Å²) in [7, 11) is 3.47. The van der Waals surface area contributed by atoms with Crippen molar-refractivity contribution in [3.63, 3.8) is 0 Å². The number of nitrogens with two attached hydrogens (primary N) is 1. The first-order valence-corrected chi connectivity index (χ1v) is 5.95. The fraction of sp³-hybridized carbons (Fsp3) is 0.308. The first-order valence-electron chi connectivity index (χ1n) is 5.95. The molecule has 6 heteroatoms. The van der Waals surface area contributed by atoms with Crippen molar-refractivity contribution in [2.24, 2.45) is 0 Å². The molecule has 2 aromatic rings. The highest BCUT2D eigenvalue weighted by molar-refractivity contribution is 5.80. The molecule has 2 N–H and O–H groups in total. The van der Waals surface area contributed by atoms with Crippen LogP contribution in [0.1, 0.15) is 13.0 Å². The minimum atomic E-state index is -0.318. The minimum Gasteiger partial charge on any atom is -0.384 e. The molecule has 0 aliphatic carbocycles. The first kappa shape index (κ1) is 13.1. The largest absolute Gasteiger partial charge is 0.384 e. The first-order chi connectivity index (χ1) is 9.00. The van der Waals surface area contributed by atoms with Crippen molar-refractivity contribution in [2.75, 3.05) is 19.8 Å². The van der Waals surface area contributed by atoms with Crippen molar-refractivity contribution in [2.45, 2.75) is 13.0 Å². The molecule has 0 saturated heterocycles. The highest BCUT2D eigenvalue weighted by Crippen LogP contribution is 2.23. The fourth-order valence-electron chi connectivity index (χ4n) is 1.94. The van der Waals surface area contributed by atoms with Crippen LogP contribution in [0.4, 0.5) is 5.82 Å². The number of rotatable bonds is 3. The average molecular weight is 259 g/mol. The summed E-state index contributed by atoms with van der Waals surface area (Å²) in [6.45, 7) is 1.85. The van der Waals surface area contributed by atoms with Crippen LogP contribution in [0.25, 0.3) is 11.3 Å². The van der Waals surface area contributed by atoms with E-state index in [1.807, 2.05) is 17.6 Å². The Morgan fingerprint density at radius 2 is 2.21 bits per heavy atom. The Balaban J connectivity index is 2.40. The molecule has 0 spiro atoms. The molecule has 0 saturated carbocycles. The lowest BCUT2D eigenvalue weighted by molar-refractivity contribution is -0.131. The molecular weight excluding hydrogens is 242 g/mol. The van der Waals surface area contributed by atoms with Crippen molar-refractivity contribution in [3.8, 4) is 11.3 Å². The standard InChI is InChI=1S/C13H17N5O/c1-9(13(19)17(2)3)18-8-15-7-11(18)10-4-5-16-12(14)6-10/h4-9H,1-3H3,(H2,14,16). The van der Waals surface area contributed by atoms with E-state index in [0.717, 1.165) is 11.3 Å². The van der Waals surface area contributed by atoms with Crippen LogP contribution in [0.2, 0.25) is 0 Å². The molecule has 0 radical (unpaired) electrons. The molecule has 0 aliphatic heterocycles. The van der Waals surface area contributed by atoms with E-state index in [1.54, 1.807) is 43.8 Å². The van der Waals surface area contributed by atoms with Crippen molar-refractivity contribution in [3.05, 3.63) is 30.9 Å². The van der Waals surface area contributed by atoms with Crippen LogP contribution < -0.4 is 5.73 Å². The van der Waals surface area contributed by atoms with Gasteiger partial charge < -0.3 is 15.2 Å². The molecule has 0 aliphatic rings. The van der Waals surface area contributed by atoms with Crippen molar-refractivity contribution in [1.82, 2.24) is 19.4 Å². The van der Waals surface area contributed by atoms with Gasteiger partial charge in [0.15, 0.2) is 0 Å². The number of likely N-dealkylation sites (N-methyl/N-ethyl adjacent to an activating group) is 1. The number of nitrogen functional groups attached to an aromatic ring is 1. The van der Waals surface area contributed by atoms with Gasteiger partial charge in [0.2, 0.25) is 5.91 Å². The van der Waals surface area contributed by atoms with Gasteiger partial charge in [-0.1, -0.05) is 0 Å².